The lowest BCUT2D eigenvalue weighted by atomic mass is 10.1. The average molecular weight is 273 g/mol. The van der Waals surface area contributed by atoms with Gasteiger partial charge in [-0.1, -0.05) is 19.1 Å². The number of ether oxygens (including phenoxy) is 1. The largest absolute Gasteiger partial charge is 0.487 e. The minimum atomic E-state index is -0.303. The average Bonchev–Trinajstić information content (AvgIpc) is 2.45. The summed E-state index contributed by atoms with van der Waals surface area (Å²) in [6.45, 7) is 2.02. The van der Waals surface area contributed by atoms with Gasteiger partial charge in [-0.3, -0.25) is 4.79 Å². The van der Waals surface area contributed by atoms with E-state index in [1.54, 1.807) is 37.3 Å². The van der Waals surface area contributed by atoms with Crippen molar-refractivity contribution in [1.82, 2.24) is 0 Å². The van der Waals surface area contributed by atoms with Crippen LogP contribution in [-0.2, 0) is 6.61 Å². The van der Waals surface area contributed by atoms with E-state index in [9.17, 15) is 9.18 Å². The SMILES string of the molecule is CCC(=O)c1ccc(OCc2cccc(F)c2)c(N)c1. The number of Topliss-reactive ketones (excluding diaryl/α,β-unsaturated/α-hetero) is 1. The van der Waals surface area contributed by atoms with Gasteiger partial charge in [0.25, 0.3) is 0 Å². The Morgan fingerprint density at radius 3 is 2.70 bits per heavy atom. The second kappa shape index (κ2) is 6.19. The van der Waals surface area contributed by atoms with E-state index in [0.717, 1.165) is 5.56 Å². The zero-order valence-corrected chi connectivity index (χ0v) is 11.2. The molecule has 0 amide bonds. The quantitative estimate of drug-likeness (QED) is 0.669. The molecule has 0 aliphatic heterocycles. The van der Waals surface area contributed by atoms with E-state index in [1.165, 1.54) is 12.1 Å². The molecule has 0 saturated heterocycles. The van der Waals surface area contributed by atoms with E-state index in [2.05, 4.69) is 0 Å². The summed E-state index contributed by atoms with van der Waals surface area (Å²) in [6.07, 6.45) is 0.433. The van der Waals surface area contributed by atoms with E-state index >= 15 is 0 Å². The molecule has 0 aromatic heterocycles. The van der Waals surface area contributed by atoms with Gasteiger partial charge in [-0.05, 0) is 35.9 Å². The van der Waals surface area contributed by atoms with Crippen molar-refractivity contribution >= 4 is 11.5 Å². The van der Waals surface area contributed by atoms with Gasteiger partial charge < -0.3 is 10.5 Å². The van der Waals surface area contributed by atoms with Crippen molar-refractivity contribution in [3.63, 3.8) is 0 Å². The molecule has 0 radical (unpaired) electrons. The Morgan fingerprint density at radius 1 is 1.25 bits per heavy atom. The third-order valence-electron chi connectivity index (χ3n) is 2.94. The maximum Gasteiger partial charge on any atom is 0.162 e. The summed E-state index contributed by atoms with van der Waals surface area (Å²) in [7, 11) is 0. The first-order valence-electron chi connectivity index (χ1n) is 6.40. The molecule has 0 unspecified atom stereocenters. The van der Waals surface area contributed by atoms with Gasteiger partial charge in [-0.15, -0.1) is 0 Å². The number of carbonyl (C=O) groups is 1. The summed E-state index contributed by atoms with van der Waals surface area (Å²) < 4.78 is 18.6. The lowest BCUT2D eigenvalue weighted by molar-refractivity contribution is 0.0988. The number of halogens is 1. The van der Waals surface area contributed by atoms with Gasteiger partial charge >= 0.3 is 0 Å². The number of ketones is 1. The van der Waals surface area contributed by atoms with Gasteiger partial charge in [0.15, 0.2) is 5.78 Å². The van der Waals surface area contributed by atoms with Gasteiger partial charge in [0.1, 0.15) is 18.2 Å². The third kappa shape index (κ3) is 3.35. The number of nitrogen functional groups attached to an aromatic ring is 1. The Kier molecular flexibility index (Phi) is 4.35. The molecule has 0 spiro atoms. The van der Waals surface area contributed by atoms with Crippen LogP contribution in [0.25, 0.3) is 0 Å². The van der Waals surface area contributed by atoms with E-state index in [4.69, 9.17) is 10.5 Å². The second-order valence-electron chi connectivity index (χ2n) is 4.45. The van der Waals surface area contributed by atoms with E-state index < -0.39 is 0 Å². The molecule has 2 aromatic carbocycles. The first kappa shape index (κ1) is 14.1. The molecule has 0 atom stereocenters. The Bertz CT molecular complexity index is 626. The number of carbonyl (C=O) groups excluding carboxylic acids is 1. The van der Waals surface area contributed by atoms with Crippen LogP contribution < -0.4 is 10.5 Å². The van der Waals surface area contributed by atoms with Crippen molar-refractivity contribution in [2.45, 2.75) is 20.0 Å². The summed E-state index contributed by atoms with van der Waals surface area (Å²) in [4.78, 5) is 11.6. The minimum absolute atomic E-state index is 0.0355. The van der Waals surface area contributed by atoms with Crippen LogP contribution in [0, 0.1) is 5.82 Å². The van der Waals surface area contributed by atoms with Crippen LogP contribution in [0.3, 0.4) is 0 Å². The molecule has 0 fully saturated rings. The molecule has 0 heterocycles. The molecule has 2 aromatic rings. The summed E-state index contributed by atoms with van der Waals surface area (Å²) >= 11 is 0. The highest BCUT2D eigenvalue weighted by atomic mass is 19.1. The Balaban J connectivity index is 2.08. The zero-order valence-electron chi connectivity index (χ0n) is 11.2. The molecule has 2 rings (SSSR count). The van der Waals surface area contributed by atoms with Gasteiger partial charge in [0.05, 0.1) is 5.69 Å². The van der Waals surface area contributed by atoms with Crippen LogP contribution in [0.1, 0.15) is 29.3 Å². The zero-order chi connectivity index (χ0) is 14.5. The van der Waals surface area contributed by atoms with Crippen LogP contribution in [0.5, 0.6) is 5.75 Å². The molecule has 20 heavy (non-hydrogen) atoms. The molecule has 4 heteroatoms. The summed E-state index contributed by atoms with van der Waals surface area (Å²) in [6, 6.07) is 11.1. The van der Waals surface area contributed by atoms with Gasteiger partial charge in [-0.25, -0.2) is 4.39 Å². The topological polar surface area (TPSA) is 52.3 Å². The third-order valence-corrected chi connectivity index (χ3v) is 2.94. The highest BCUT2D eigenvalue weighted by Gasteiger charge is 2.07. The Hall–Kier alpha value is -2.36. The molecule has 0 saturated carbocycles. The minimum Gasteiger partial charge on any atom is -0.487 e. The predicted octanol–water partition coefficient (Wildman–Crippen LogP) is 3.58. The fourth-order valence-corrected chi connectivity index (χ4v) is 1.85. The van der Waals surface area contributed by atoms with Crippen molar-refractivity contribution in [3.05, 3.63) is 59.4 Å². The number of hydrogen-bond donors (Lipinski definition) is 1. The number of hydrogen-bond acceptors (Lipinski definition) is 3. The summed E-state index contributed by atoms with van der Waals surface area (Å²) in [5.41, 5.74) is 7.55. The fourth-order valence-electron chi connectivity index (χ4n) is 1.85. The lowest BCUT2D eigenvalue weighted by Crippen LogP contribution is -2.02. The van der Waals surface area contributed by atoms with Crippen molar-refractivity contribution in [2.75, 3.05) is 5.73 Å². The maximum atomic E-state index is 13.0. The highest BCUT2D eigenvalue weighted by molar-refractivity contribution is 5.97. The number of anilines is 1. The van der Waals surface area contributed by atoms with Gasteiger partial charge in [0.2, 0.25) is 0 Å². The van der Waals surface area contributed by atoms with Gasteiger partial charge in [0, 0.05) is 12.0 Å². The normalized spacial score (nSPS) is 10.3. The molecular formula is C16H16FNO2. The van der Waals surface area contributed by atoms with Crippen molar-refractivity contribution in [2.24, 2.45) is 0 Å². The summed E-state index contributed by atoms with van der Waals surface area (Å²) in [5, 5.41) is 0. The molecule has 0 aliphatic carbocycles. The molecule has 0 bridgehead atoms. The van der Waals surface area contributed by atoms with Crippen LogP contribution in [0.2, 0.25) is 0 Å². The highest BCUT2D eigenvalue weighted by Crippen LogP contribution is 2.24. The molecular weight excluding hydrogens is 257 g/mol. The predicted molar refractivity (Wildman–Crippen MR) is 76.2 cm³/mol. The smallest absolute Gasteiger partial charge is 0.162 e. The standard InChI is InChI=1S/C16H16FNO2/c1-2-15(19)12-6-7-16(14(18)9-12)20-10-11-4-3-5-13(17)8-11/h3-9H,2,10,18H2,1H3. The van der Waals surface area contributed by atoms with Crippen molar-refractivity contribution in [3.8, 4) is 5.75 Å². The number of nitrogens with two attached hydrogens (primary N) is 1. The lowest BCUT2D eigenvalue weighted by Gasteiger charge is -2.10. The van der Waals surface area contributed by atoms with Crippen molar-refractivity contribution < 1.29 is 13.9 Å². The first-order chi connectivity index (χ1) is 9.60. The van der Waals surface area contributed by atoms with Gasteiger partial charge in [-0.2, -0.15) is 0 Å². The Labute approximate surface area is 117 Å². The molecule has 2 N–H and O–H groups in total. The number of benzene rings is 2. The molecule has 104 valence electrons. The Morgan fingerprint density at radius 2 is 2.05 bits per heavy atom. The van der Waals surface area contributed by atoms with Crippen LogP contribution in [0.15, 0.2) is 42.5 Å². The molecule has 3 nitrogen and oxygen atoms in total. The fraction of sp³-hybridized carbons (Fsp3) is 0.188. The molecule has 0 aliphatic rings. The monoisotopic (exact) mass is 273 g/mol. The number of rotatable bonds is 5. The van der Waals surface area contributed by atoms with E-state index in [-0.39, 0.29) is 18.2 Å². The maximum absolute atomic E-state index is 13.0. The second-order valence-corrected chi connectivity index (χ2v) is 4.45. The van der Waals surface area contributed by atoms with E-state index in [1.807, 2.05) is 0 Å². The van der Waals surface area contributed by atoms with Crippen LogP contribution in [0.4, 0.5) is 10.1 Å². The van der Waals surface area contributed by atoms with Crippen LogP contribution in [-0.4, -0.2) is 5.78 Å². The van der Waals surface area contributed by atoms with E-state index in [0.29, 0.717) is 23.4 Å². The first-order valence-corrected chi connectivity index (χ1v) is 6.40. The van der Waals surface area contributed by atoms with Crippen LogP contribution >= 0.6 is 0 Å². The van der Waals surface area contributed by atoms with Crippen molar-refractivity contribution in [1.29, 1.82) is 0 Å². The summed E-state index contributed by atoms with van der Waals surface area (Å²) in [5.74, 6) is 0.221.